The van der Waals surface area contributed by atoms with Gasteiger partial charge in [-0.1, -0.05) is 18.2 Å². The van der Waals surface area contributed by atoms with Gasteiger partial charge in [-0.2, -0.15) is 0 Å². The monoisotopic (exact) mass is 223 g/mol. The molecule has 0 spiro atoms. The molecule has 0 amide bonds. The van der Waals surface area contributed by atoms with Crippen LogP contribution in [0.1, 0.15) is 0 Å². The van der Waals surface area contributed by atoms with Gasteiger partial charge in [0, 0.05) is 29.9 Å². The van der Waals surface area contributed by atoms with Gasteiger partial charge in [0.1, 0.15) is 0 Å². The van der Waals surface area contributed by atoms with E-state index in [-0.39, 0.29) is 0 Å². The summed E-state index contributed by atoms with van der Waals surface area (Å²) < 4.78 is 2.12. The third-order valence-electron chi connectivity index (χ3n) is 3.08. The number of aryl methyl sites for hydroxylation is 1. The second kappa shape index (κ2) is 3.63. The van der Waals surface area contributed by atoms with E-state index >= 15 is 0 Å². The summed E-state index contributed by atoms with van der Waals surface area (Å²) >= 11 is 0. The first kappa shape index (κ1) is 9.90. The summed E-state index contributed by atoms with van der Waals surface area (Å²) in [4.78, 5) is 4.15. The molecule has 0 aliphatic heterocycles. The van der Waals surface area contributed by atoms with Crippen molar-refractivity contribution < 1.29 is 0 Å². The molecule has 0 saturated carbocycles. The van der Waals surface area contributed by atoms with Crippen LogP contribution in [0, 0.1) is 0 Å². The van der Waals surface area contributed by atoms with Crippen LogP contribution in [-0.2, 0) is 7.05 Å². The van der Waals surface area contributed by atoms with E-state index in [0.717, 1.165) is 22.5 Å². The van der Waals surface area contributed by atoms with Crippen molar-refractivity contribution in [3.05, 3.63) is 48.8 Å². The van der Waals surface area contributed by atoms with Crippen molar-refractivity contribution >= 4 is 16.6 Å². The van der Waals surface area contributed by atoms with Gasteiger partial charge >= 0.3 is 0 Å². The number of nitrogens with zero attached hydrogens (tertiary/aromatic N) is 2. The molecule has 2 aromatic heterocycles. The van der Waals surface area contributed by atoms with Gasteiger partial charge in [0.2, 0.25) is 0 Å². The van der Waals surface area contributed by atoms with Crippen molar-refractivity contribution in [2.45, 2.75) is 0 Å². The average molecular weight is 223 g/mol. The zero-order valence-corrected chi connectivity index (χ0v) is 9.59. The van der Waals surface area contributed by atoms with E-state index in [1.54, 1.807) is 6.20 Å². The van der Waals surface area contributed by atoms with Crippen LogP contribution in [0.15, 0.2) is 48.8 Å². The highest BCUT2D eigenvalue weighted by molar-refractivity contribution is 5.88. The Balaban J connectivity index is 2.32. The van der Waals surface area contributed by atoms with Gasteiger partial charge in [-0.15, -0.1) is 0 Å². The molecule has 2 heterocycles. The molecule has 1 aromatic carbocycles. The fourth-order valence-electron chi connectivity index (χ4n) is 2.16. The first-order chi connectivity index (χ1) is 8.27. The molecule has 17 heavy (non-hydrogen) atoms. The maximum absolute atomic E-state index is 6.01. The minimum atomic E-state index is 0.798. The van der Waals surface area contributed by atoms with Gasteiger partial charge < -0.3 is 10.3 Å². The van der Waals surface area contributed by atoms with Crippen molar-refractivity contribution in [1.29, 1.82) is 0 Å². The number of aromatic nitrogens is 2. The molecule has 0 fully saturated rings. The van der Waals surface area contributed by atoms with E-state index in [9.17, 15) is 0 Å². The number of fused-ring (bicyclic) bond motifs is 1. The first-order valence-electron chi connectivity index (χ1n) is 5.51. The summed E-state index contributed by atoms with van der Waals surface area (Å²) in [6.45, 7) is 0. The van der Waals surface area contributed by atoms with Gasteiger partial charge in [-0.3, -0.25) is 4.98 Å². The highest BCUT2D eigenvalue weighted by Crippen LogP contribution is 2.30. The van der Waals surface area contributed by atoms with E-state index in [1.165, 1.54) is 5.39 Å². The fraction of sp³-hybridized carbons (Fsp3) is 0.0714. The van der Waals surface area contributed by atoms with Gasteiger partial charge in [0.25, 0.3) is 0 Å². The molecule has 0 unspecified atom stereocenters. The van der Waals surface area contributed by atoms with Crippen LogP contribution in [-0.4, -0.2) is 9.55 Å². The van der Waals surface area contributed by atoms with Crippen molar-refractivity contribution in [3.8, 4) is 11.3 Å². The molecule has 0 aliphatic rings. The molecule has 0 aliphatic carbocycles. The Morgan fingerprint density at radius 3 is 2.76 bits per heavy atom. The third kappa shape index (κ3) is 1.47. The summed E-state index contributed by atoms with van der Waals surface area (Å²) in [6, 6.07) is 12.1. The second-order valence-corrected chi connectivity index (χ2v) is 4.11. The number of nitrogens with two attached hydrogens (primary N) is 1. The summed E-state index contributed by atoms with van der Waals surface area (Å²) in [5.41, 5.74) is 10.1. The highest BCUT2D eigenvalue weighted by Gasteiger charge is 2.09. The van der Waals surface area contributed by atoms with E-state index < -0.39 is 0 Å². The Morgan fingerprint density at radius 1 is 1.18 bits per heavy atom. The summed E-state index contributed by atoms with van der Waals surface area (Å²) in [5.74, 6) is 0. The standard InChI is InChI=1S/C14H13N3/c1-17-13(11-4-2-3-5-12(11)15)8-10-6-7-16-9-14(10)17/h2-9H,15H2,1H3. The van der Waals surface area contributed by atoms with Gasteiger partial charge in [0.05, 0.1) is 17.4 Å². The average Bonchev–Trinajstić information content (AvgIpc) is 2.68. The smallest absolute Gasteiger partial charge is 0.0669 e. The maximum Gasteiger partial charge on any atom is 0.0669 e. The van der Waals surface area contributed by atoms with Crippen molar-refractivity contribution in [2.75, 3.05) is 5.73 Å². The van der Waals surface area contributed by atoms with Crippen LogP contribution in [0.5, 0.6) is 0 Å². The SMILES string of the molecule is Cn1c(-c2ccccc2N)cc2ccncc21. The molecule has 3 heteroatoms. The number of para-hydroxylation sites is 1. The second-order valence-electron chi connectivity index (χ2n) is 4.11. The molecular weight excluding hydrogens is 210 g/mol. The lowest BCUT2D eigenvalue weighted by molar-refractivity contribution is 0.974. The number of anilines is 1. The fourth-order valence-corrected chi connectivity index (χ4v) is 2.16. The molecule has 3 rings (SSSR count). The number of hydrogen-bond acceptors (Lipinski definition) is 2. The Labute approximate surface area is 99.5 Å². The van der Waals surface area contributed by atoms with Gasteiger partial charge in [-0.05, 0) is 18.2 Å². The minimum absolute atomic E-state index is 0.798. The lowest BCUT2D eigenvalue weighted by atomic mass is 10.1. The van der Waals surface area contributed by atoms with Crippen molar-refractivity contribution in [1.82, 2.24) is 9.55 Å². The highest BCUT2D eigenvalue weighted by atomic mass is 15.0. The molecule has 0 radical (unpaired) electrons. The number of nitrogen functional groups attached to an aromatic ring is 1. The van der Waals surface area contributed by atoms with Crippen LogP contribution in [0.2, 0.25) is 0 Å². The Hall–Kier alpha value is -2.29. The van der Waals surface area contributed by atoms with E-state index in [2.05, 4.69) is 15.6 Å². The first-order valence-corrected chi connectivity index (χ1v) is 5.51. The summed E-state index contributed by atoms with van der Waals surface area (Å²) in [6.07, 6.45) is 3.68. The molecule has 3 nitrogen and oxygen atoms in total. The van der Waals surface area contributed by atoms with Gasteiger partial charge in [-0.25, -0.2) is 0 Å². The van der Waals surface area contributed by atoms with E-state index in [0.29, 0.717) is 0 Å². The number of pyridine rings is 1. The van der Waals surface area contributed by atoms with Crippen molar-refractivity contribution in [3.63, 3.8) is 0 Å². The van der Waals surface area contributed by atoms with Crippen LogP contribution < -0.4 is 5.73 Å². The molecule has 3 aromatic rings. The zero-order chi connectivity index (χ0) is 11.8. The number of hydrogen-bond donors (Lipinski definition) is 1. The Kier molecular flexibility index (Phi) is 2.11. The Bertz CT molecular complexity index is 683. The maximum atomic E-state index is 6.01. The molecule has 0 bridgehead atoms. The zero-order valence-electron chi connectivity index (χ0n) is 9.59. The molecule has 0 saturated heterocycles. The molecule has 84 valence electrons. The quantitative estimate of drug-likeness (QED) is 0.645. The van der Waals surface area contributed by atoms with Crippen LogP contribution in [0.4, 0.5) is 5.69 Å². The summed E-state index contributed by atoms with van der Waals surface area (Å²) in [7, 11) is 2.03. The molecular formula is C14H13N3. The molecule has 0 atom stereocenters. The van der Waals surface area contributed by atoms with E-state index in [4.69, 9.17) is 5.73 Å². The van der Waals surface area contributed by atoms with E-state index in [1.807, 2.05) is 43.6 Å². The Morgan fingerprint density at radius 2 is 2.00 bits per heavy atom. The third-order valence-corrected chi connectivity index (χ3v) is 3.08. The predicted molar refractivity (Wildman–Crippen MR) is 70.6 cm³/mol. The molecule has 2 N–H and O–H groups in total. The normalized spacial score (nSPS) is 10.9. The summed E-state index contributed by atoms with van der Waals surface area (Å²) in [5, 5.41) is 1.18. The lowest BCUT2D eigenvalue weighted by Gasteiger charge is -2.06. The van der Waals surface area contributed by atoms with Crippen LogP contribution >= 0.6 is 0 Å². The van der Waals surface area contributed by atoms with Crippen LogP contribution in [0.25, 0.3) is 22.2 Å². The number of rotatable bonds is 1. The van der Waals surface area contributed by atoms with Crippen molar-refractivity contribution in [2.24, 2.45) is 7.05 Å². The largest absolute Gasteiger partial charge is 0.398 e. The number of benzene rings is 1. The predicted octanol–water partition coefficient (Wildman–Crippen LogP) is 2.82. The van der Waals surface area contributed by atoms with Crippen LogP contribution in [0.3, 0.4) is 0 Å². The topological polar surface area (TPSA) is 43.8 Å². The lowest BCUT2D eigenvalue weighted by Crippen LogP contribution is -1.95. The minimum Gasteiger partial charge on any atom is -0.398 e. The van der Waals surface area contributed by atoms with Gasteiger partial charge in [0.15, 0.2) is 0 Å².